The molecule has 0 saturated carbocycles. The summed E-state index contributed by atoms with van der Waals surface area (Å²) in [6, 6.07) is 9.34. The van der Waals surface area contributed by atoms with Crippen molar-refractivity contribution < 1.29 is 9.53 Å². The molecule has 2 aromatic rings. The quantitative estimate of drug-likeness (QED) is 0.781. The van der Waals surface area contributed by atoms with Crippen molar-refractivity contribution in [2.75, 3.05) is 42.6 Å². The molecule has 0 amide bonds. The fourth-order valence-electron chi connectivity index (χ4n) is 2.95. The molecule has 0 spiro atoms. The second-order valence-electron chi connectivity index (χ2n) is 5.97. The molecule has 7 nitrogen and oxygen atoms in total. The number of hydrogen-bond donors (Lipinski definition) is 0. The monoisotopic (exact) mass is 351 g/mol. The molecular weight excluding hydrogens is 330 g/mol. The second kappa shape index (κ2) is 8.30. The van der Waals surface area contributed by atoms with E-state index >= 15 is 0 Å². The summed E-state index contributed by atoms with van der Waals surface area (Å²) >= 11 is 0. The number of rotatable bonds is 4. The smallest absolute Gasteiger partial charge is 0.339 e. The van der Waals surface area contributed by atoms with E-state index in [4.69, 9.17) is 10.00 Å². The number of anilines is 2. The third-order valence-corrected chi connectivity index (χ3v) is 4.31. The van der Waals surface area contributed by atoms with Crippen molar-refractivity contribution in [1.82, 2.24) is 9.97 Å². The van der Waals surface area contributed by atoms with Crippen molar-refractivity contribution >= 4 is 17.5 Å². The highest BCUT2D eigenvalue weighted by molar-refractivity contribution is 5.89. The standard InChI is InChI=1S/C19H21N5O2/c1-2-26-19(25)15-4-7-18(22-13-15)24-9-3-8-23(10-11-24)17-6-5-16(12-20)21-14-17/h4-7,13-14H,2-3,8-11H2,1H3. The SMILES string of the molecule is CCOC(=O)c1ccc(N2CCCN(c3ccc(C#N)nc3)CC2)nc1. The summed E-state index contributed by atoms with van der Waals surface area (Å²) in [4.78, 5) is 24.8. The zero-order valence-electron chi connectivity index (χ0n) is 14.8. The number of carbonyl (C=O) groups is 1. The zero-order chi connectivity index (χ0) is 18.4. The van der Waals surface area contributed by atoms with Crippen LogP contribution in [-0.2, 0) is 4.74 Å². The topological polar surface area (TPSA) is 82.4 Å². The van der Waals surface area contributed by atoms with Gasteiger partial charge in [-0.25, -0.2) is 14.8 Å². The second-order valence-corrected chi connectivity index (χ2v) is 5.97. The molecule has 1 aliphatic heterocycles. The predicted octanol–water partition coefficient (Wildman–Crippen LogP) is 2.24. The molecule has 1 fully saturated rings. The third kappa shape index (κ3) is 4.09. The first-order valence-corrected chi connectivity index (χ1v) is 8.70. The Labute approximate surface area is 152 Å². The Morgan fingerprint density at radius 2 is 1.92 bits per heavy atom. The zero-order valence-corrected chi connectivity index (χ0v) is 14.8. The van der Waals surface area contributed by atoms with Crippen LogP contribution in [0.5, 0.6) is 0 Å². The van der Waals surface area contributed by atoms with Crippen molar-refractivity contribution in [1.29, 1.82) is 5.26 Å². The van der Waals surface area contributed by atoms with Gasteiger partial charge in [-0.2, -0.15) is 5.26 Å². The minimum Gasteiger partial charge on any atom is -0.462 e. The highest BCUT2D eigenvalue weighted by Gasteiger charge is 2.17. The van der Waals surface area contributed by atoms with E-state index in [0.29, 0.717) is 17.9 Å². The van der Waals surface area contributed by atoms with Crippen LogP contribution in [0, 0.1) is 11.3 Å². The van der Waals surface area contributed by atoms with Crippen LogP contribution in [0.4, 0.5) is 11.5 Å². The van der Waals surface area contributed by atoms with E-state index in [-0.39, 0.29) is 5.97 Å². The molecule has 2 aromatic heterocycles. The Hall–Kier alpha value is -3.14. The van der Waals surface area contributed by atoms with E-state index < -0.39 is 0 Å². The molecule has 1 aliphatic rings. The predicted molar refractivity (Wildman–Crippen MR) is 98.2 cm³/mol. The Kier molecular flexibility index (Phi) is 5.64. The lowest BCUT2D eigenvalue weighted by atomic mass is 10.2. The van der Waals surface area contributed by atoms with Gasteiger partial charge in [-0.05, 0) is 37.6 Å². The van der Waals surface area contributed by atoms with E-state index in [1.54, 1.807) is 31.5 Å². The maximum absolute atomic E-state index is 11.7. The first-order valence-electron chi connectivity index (χ1n) is 8.70. The summed E-state index contributed by atoms with van der Waals surface area (Å²) in [7, 11) is 0. The molecule has 3 heterocycles. The molecule has 0 N–H and O–H groups in total. The summed E-state index contributed by atoms with van der Waals surface area (Å²) in [6.45, 7) is 5.62. The summed E-state index contributed by atoms with van der Waals surface area (Å²) in [6.07, 6.45) is 4.31. The van der Waals surface area contributed by atoms with Crippen LogP contribution in [0.25, 0.3) is 0 Å². The average Bonchev–Trinajstić information content (AvgIpc) is 2.95. The van der Waals surface area contributed by atoms with Gasteiger partial charge in [0.25, 0.3) is 0 Å². The van der Waals surface area contributed by atoms with E-state index in [1.165, 1.54) is 0 Å². The van der Waals surface area contributed by atoms with Crippen LogP contribution in [0.3, 0.4) is 0 Å². The first-order chi connectivity index (χ1) is 12.7. The van der Waals surface area contributed by atoms with E-state index in [1.807, 2.05) is 18.2 Å². The molecule has 0 unspecified atom stereocenters. The van der Waals surface area contributed by atoms with Gasteiger partial charge < -0.3 is 14.5 Å². The molecular formula is C19H21N5O2. The maximum Gasteiger partial charge on any atom is 0.339 e. The number of esters is 1. The highest BCUT2D eigenvalue weighted by Crippen LogP contribution is 2.19. The molecule has 134 valence electrons. The fraction of sp³-hybridized carbons (Fsp3) is 0.368. The number of pyridine rings is 2. The number of nitrogens with zero attached hydrogens (tertiary/aromatic N) is 5. The van der Waals surface area contributed by atoms with Gasteiger partial charge in [-0.1, -0.05) is 0 Å². The molecule has 7 heteroatoms. The minimum absolute atomic E-state index is 0.345. The fourth-order valence-corrected chi connectivity index (χ4v) is 2.95. The van der Waals surface area contributed by atoms with Crippen LogP contribution in [0.1, 0.15) is 29.4 Å². The molecule has 0 radical (unpaired) electrons. The molecule has 0 aliphatic carbocycles. The average molecular weight is 351 g/mol. The first kappa shape index (κ1) is 17.7. The lowest BCUT2D eigenvalue weighted by molar-refractivity contribution is 0.0526. The minimum atomic E-state index is -0.345. The van der Waals surface area contributed by atoms with Crippen molar-refractivity contribution in [3.8, 4) is 6.07 Å². The number of aromatic nitrogens is 2. The van der Waals surface area contributed by atoms with Gasteiger partial charge in [-0.15, -0.1) is 0 Å². The molecule has 0 atom stereocenters. The van der Waals surface area contributed by atoms with E-state index in [2.05, 4.69) is 19.8 Å². The van der Waals surface area contributed by atoms with Gasteiger partial charge in [0.05, 0.1) is 24.1 Å². The Balaban J connectivity index is 1.64. The van der Waals surface area contributed by atoms with Crippen molar-refractivity contribution in [2.24, 2.45) is 0 Å². The number of hydrogen-bond acceptors (Lipinski definition) is 7. The molecule has 0 aromatic carbocycles. The lowest BCUT2D eigenvalue weighted by Gasteiger charge is -2.24. The maximum atomic E-state index is 11.7. The lowest BCUT2D eigenvalue weighted by Crippen LogP contribution is -2.31. The summed E-state index contributed by atoms with van der Waals surface area (Å²) in [5, 5.41) is 8.86. The third-order valence-electron chi connectivity index (χ3n) is 4.31. The van der Waals surface area contributed by atoms with Crippen molar-refractivity contribution in [3.05, 3.63) is 47.9 Å². The van der Waals surface area contributed by atoms with Crippen molar-refractivity contribution in [3.63, 3.8) is 0 Å². The number of carbonyl (C=O) groups excluding carboxylic acids is 1. The van der Waals surface area contributed by atoms with Crippen LogP contribution in [0.15, 0.2) is 36.7 Å². The number of ether oxygens (including phenoxy) is 1. The van der Waals surface area contributed by atoms with Gasteiger partial charge >= 0.3 is 5.97 Å². The Bertz CT molecular complexity index is 783. The summed E-state index contributed by atoms with van der Waals surface area (Å²) in [5.41, 5.74) is 1.92. The summed E-state index contributed by atoms with van der Waals surface area (Å²) < 4.78 is 4.99. The Morgan fingerprint density at radius 3 is 2.58 bits per heavy atom. The van der Waals surface area contributed by atoms with Crippen molar-refractivity contribution in [2.45, 2.75) is 13.3 Å². The number of nitriles is 1. The van der Waals surface area contributed by atoms with Crippen LogP contribution >= 0.6 is 0 Å². The van der Waals surface area contributed by atoms with E-state index in [0.717, 1.165) is 44.1 Å². The van der Waals surface area contributed by atoms with Gasteiger partial charge in [-0.3, -0.25) is 0 Å². The van der Waals surface area contributed by atoms with Gasteiger partial charge in [0.15, 0.2) is 0 Å². The molecule has 3 rings (SSSR count). The van der Waals surface area contributed by atoms with Gasteiger partial charge in [0.2, 0.25) is 0 Å². The summed E-state index contributed by atoms with van der Waals surface area (Å²) in [5.74, 6) is 0.514. The van der Waals surface area contributed by atoms with Crippen LogP contribution < -0.4 is 9.80 Å². The molecule has 0 bridgehead atoms. The van der Waals surface area contributed by atoms with E-state index in [9.17, 15) is 4.79 Å². The molecule has 1 saturated heterocycles. The Morgan fingerprint density at radius 1 is 1.12 bits per heavy atom. The van der Waals surface area contributed by atoms with Crippen LogP contribution in [0.2, 0.25) is 0 Å². The molecule has 26 heavy (non-hydrogen) atoms. The highest BCUT2D eigenvalue weighted by atomic mass is 16.5. The largest absolute Gasteiger partial charge is 0.462 e. The normalized spacial score (nSPS) is 14.5. The van der Waals surface area contributed by atoms with Crippen LogP contribution in [-0.4, -0.2) is 48.7 Å². The van der Waals surface area contributed by atoms with Gasteiger partial charge in [0.1, 0.15) is 17.6 Å². The van der Waals surface area contributed by atoms with Gasteiger partial charge in [0, 0.05) is 32.4 Å².